The number of para-hydroxylation sites is 1. The second kappa shape index (κ2) is 10.1. The maximum absolute atomic E-state index is 12.5. The number of carbonyl (C=O) groups is 2. The highest BCUT2D eigenvalue weighted by molar-refractivity contribution is 5.92. The number of anilines is 1. The molecule has 3 rings (SSSR count). The van der Waals surface area contributed by atoms with Crippen molar-refractivity contribution in [2.24, 2.45) is 5.92 Å². The zero-order chi connectivity index (χ0) is 20.6. The highest BCUT2D eigenvalue weighted by Crippen LogP contribution is 2.21. The Kier molecular flexibility index (Phi) is 7.25. The molecule has 1 atom stereocenters. The third-order valence-electron chi connectivity index (χ3n) is 5.49. The number of nitrogens with one attached hydrogen (secondary N) is 2. The molecule has 2 aromatic rings. The van der Waals surface area contributed by atoms with Crippen molar-refractivity contribution in [1.29, 1.82) is 0 Å². The first kappa shape index (κ1) is 20.9. The molecule has 1 heterocycles. The highest BCUT2D eigenvalue weighted by Gasteiger charge is 2.29. The Morgan fingerprint density at radius 2 is 1.72 bits per heavy atom. The van der Waals surface area contributed by atoms with Crippen LogP contribution >= 0.6 is 0 Å². The second-order valence-corrected chi connectivity index (χ2v) is 7.41. The van der Waals surface area contributed by atoms with Gasteiger partial charge in [-0.15, -0.1) is 0 Å². The van der Waals surface area contributed by atoms with Crippen molar-refractivity contribution in [1.82, 2.24) is 10.2 Å². The quantitative estimate of drug-likeness (QED) is 0.756. The summed E-state index contributed by atoms with van der Waals surface area (Å²) in [4.78, 5) is 27.2. The molecule has 2 aromatic carbocycles. The second-order valence-electron chi connectivity index (χ2n) is 7.41. The fourth-order valence-electron chi connectivity index (χ4n) is 3.56. The number of hydrogen-bond acceptors (Lipinski definition) is 4. The summed E-state index contributed by atoms with van der Waals surface area (Å²) in [5.74, 6) is 0.856. The van der Waals surface area contributed by atoms with Crippen LogP contribution in [0.4, 0.5) is 5.69 Å². The molecule has 0 aliphatic carbocycles. The topological polar surface area (TPSA) is 70.7 Å². The van der Waals surface area contributed by atoms with Gasteiger partial charge in [-0.2, -0.15) is 0 Å². The Morgan fingerprint density at radius 3 is 2.34 bits per heavy atom. The van der Waals surface area contributed by atoms with Crippen LogP contribution in [0.5, 0.6) is 5.75 Å². The van der Waals surface area contributed by atoms with Gasteiger partial charge in [-0.1, -0.05) is 30.3 Å². The summed E-state index contributed by atoms with van der Waals surface area (Å²) in [5, 5.41) is 5.98. The predicted octanol–water partition coefficient (Wildman–Crippen LogP) is 3.05. The van der Waals surface area contributed by atoms with Gasteiger partial charge in [0.1, 0.15) is 5.75 Å². The number of likely N-dealkylation sites (tertiary alicyclic amines) is 1. The number of hydrogen-bond donors (Lipinski definition) is 2. The van der Waals surface area contributed by atoms with Gasteiger partial charge in [-0.05, 0) is 62.7 Å². The lowest BCUT2D eigenvalue weighted by molar-refractivity contribution is -0.127. The molecule has 1 aliphatic heterocycles. The molecule has 0 saturated carbocycles. The standard InChI is InChI=1S/C23H29N3O3/c1-17(22(27)24-16-18-8-10-21(29-2)11-9-18)26-14-12-19(13-15-26)23(28)25-20-6-4-3-5-7-20/h3-11,17,19H,12-16H2,1-2H3,(H,24,27)(H,25,28)/t17-/m1/s1. The fraction of sp³-hybridized carbons (Fsp3) is 0.391. The number of ether oxygens (including phenoxy) is 1. The minimum atomic E-state index is -0.216. The Hall–Kier alpha value is -2.86. The van der Waals surface area contributed by atoms with Crippen LogP contribution in [-0.4, -0.2) is 43.0 Å². The molecule has 154 valence electrons. The monoisotopic (exact) mass is 395 g/mol. The van der Waals surface area contributed by atoms with Gasteiger partial charge in [0.25, 0.3) is 0 Å². The van der Waals surface area contributed by atoms with Crippen LogP contribution in [0, 0.1) is 5.92 Å². The summed E-state index contributed by atoms with van der Waals surface area (Å²) in [6, 6.07) is 17.0. The molecule has 0 bridgehead atoms. The predicted molar refractivity (Wildman–Crippen MR) is 114 cm³/mol. The highest BCUT2D eigenvalue weighted by atomic mass is 16.5. The van der Waals surface area contributed by atoms with Gasteiger partial charge in [-0.25, -0.2) is 0 Å². The zero-order valence-corrected chi connectivity index (χ0v) is 17.1. The van der Waals surface area contributed by atoms with E-state index < -0.39 is 0 Å². The number of rotatable bonds is 7. The van der Waals surface area contributed by atoms with Crippen LogP contribution in [0.3, 0.4) is 0 Å². The van der Waals surface area contributed by atoms with Gasteiger partial charge in [0.2, 0.25) is 11.8 Å². The summed E-state index contributed by atoms with van der Waals surface area (Å²) in [6.45, 7) is 3.89. The number of carbonyl (C=O) groups excluding carboxylic acids is 2. The number of benzene rings is 2. The lowest BCUT2D eigenvalue weighted by Gasteiger charge is -2.34. The molecule has 1 fully saturated rings. The third-order valence-corrected chi connectivity index (χ3v) is 5.49. The van der Waals surface area contributed by atoms with Crippen molar-refractivity contribution in [3.63, 3.8) is 0 Å². The van der Waals surface area contributed by atoms with E-state index in [4.69, 9.17) is 4.74 Å². The van der Waals surface area contributed by atoms with Crippen LogP contribution in [-0.2, 0) is 16.1 Å². The average Bonchev–Trinajstić information content (AvgIpc) is 2.78. The molecule has 1 saturated heterocycles. The number of nitrogens with zero attached hydrogens (tertiary/aromatic N) is 1. The van der Waals surface area contributed by atoms with Gasteiger partial charge < -0.3 is 15.4 Å². The molecule has 6 heteroatoms. The smallest absolute Gasteiger partial charge is 0.237 e. The third kappa shape index (κ3) is 5.81. The van der Waals surface area contributed by atoms with E-state index in [0.29, 0.717) is 6.54 Å². The van der Waals surface area contributed by atoms with Crippen LogP contribution in [0.1, 0.15) is 25.3 Å². The van der Waals surface area contributed by atoms with Crippen LogP contribution in [0.25, 0.3) is 0 Å². The molecule has 2 N–H and O–H groups in total. The zero-order valence-electron chi connectivity index (χ0n) is 17.1. The van der Waals surface area contributed by atoms with Crippen LogP contribution < -0.4 is 15.4 Å². The summed E-state index contributed by atoms with van der Waals surface area (Å²) < 4.78 is 5.15. The number of piperidine rings is 1. The molecule has 1 aliphatic rings. The summed E-state index contributed by atoms with van der Waals surface area (Å²) in [6.07, 6.45) is 1.52. The Morgan fingerprint density at radius 1 is 1.07 bits per heavy atom. The summed E-state index contributed by atoms with van der Waals surface area (Å²) >= 11 is 0. The van der Waals surface area contributed by atoms with E-state index in [2.05, 4.69) is 15.5 Å². The molecular weight excluding hydrogens is 366 g/mol. The molecule has 0 aromatic heterocycles. The van der Waals surface area contributed by atoms with Crippen LogP contribution in [0.2, 0.25) is 0 Å². The van der Waals surface area contributed by atoms with Gasteiger partial charge in [0.15, 0.2) is 0 Å². The first-order valence-corrected chi connectivity index (χ1v) is 10.1. The largest absolute Gasteiger partial charge is 0.497 e. The van der Waals surface area contributed by atoms with Crippen molar-refractivity contribution in [3.05, 3.63) is 60.2 Å². The number of methoxy groups -OCH3 is 1. The minimum Gasteiger partial charge on any atom is -0.497 e. The molecule has 0 spiro atoms. The Balaban J connectivity index is 1.43. The van der Waals surface area contributed by atoms with Crippen molar-refractivity contribution >= 4 is 17.5 Å². The maximum atomic E-state index is 12.5. The molecule has 0 radical (unpaired) electrons. The molecule has 29 heavy (non-hydrogen) atoms. The van der Waals surface area contributed by atoms with E-state index >= 15 is 0 Å². The molecular formula is C23H29N3O3. The Labute approximate surface area is 172 Å². The van der Waals surface area contributed by atoms with Crippen LogP contribution in [0.15, 0.2) is 54.6 Å². The summed E-state index contributed by atoms with van der Waals surface area (Å²) in [7, 11) is 1.63. The van der Waals surface area contributed by atoms with Crippen molar-refractivity contribution in [3.8, 4) is 5.75 Å². The lowest BCUT2D eigenvalue weighted by Crippen LogP contribution is -2.49. The van der Waals surface area contributed by atoms with E-state index in [9.17, 15) is 9.59 Å². The van der Waals surface area contributed by atoms with E-state index in [-0.39, 0.29) is 23.8 Å². The van der Waals surface area contributed by atoms with Gasteiger partial charge >= 0.3 is 0 Å². The average molecular weight is 396 g/mol. The fourth-order valence-corrected chi connectivity index (χ4v) is 3.56. The molecule has 6 nitrogen and oxygen atoms in total. The van der Waals surface area contributed by atoms with Crippen molar-refractivity contribution in [2.75, 3.05) is 25.5 Å². The number of amides is 2. The van der Waals surface area contributed by atoms with Gasteiger partial charge in [-0.3, -0.25) is 14.5 Å². The Bertz CT molecular complexity index is 800. The minimum absolute atomic E-state index is 0.00741. The maximum Gasteiger partial charge on any atom is 0.237 e. The SMILES string of the molecule is COc1ccc(CNC(=O)[C@@H](C)N2CCC(C(=O)Nc3ccccc3)CC2)cc1. The van der Waals surface area contributed by atoms with Crippen molar-refractivity contribution in [2.45, 2.75) is 32.4 Å². The van der Waals surface area contributed by atoms with E-state index in [1.54, 1.807) is 7.11 Å². The first-order chi connectivity index (χ1) is 14.1. The first-order valence-electron chi connectivity index (χ1n) is 10.1. The summed E-state index contributed by atoms with van der Waals surface area (Å²) in [5.41, 5.74) is 1.86. The van der Waals surface area contributed by atoms with Gasteiger partial charge in [0, 0.05) is 18.2 Å². The van der Waals surface area contributed by atoms with E-state index in [1.165, 1.54) is 0 Å². The van der Waals surface area contributed by atoms with Crippen molar-refractivity contribution < 1.29 is 14.3 Å². The van der Waals surface area contributed by atoms with E-state index in [1.807, 2.05) is 61.5 Å². The van der Waals surface area contributed by atoms with E-state index in [0.717, 1.165) is 42.9 Å². The lowest BCUT2D eigenvalue weighted by atomic mass is 9.94. The molecule has 2 amide bonds. The van der Waals surface area contributed by atoms with Gasteiger partial charge in [0.05, 0.1) is 13.2 Å². The normalized spacial score (nSPS) is 16.1. The molecule has 0 unspecified atom stereocenters.